The molecule has 78 valence electrons. The second-order valence-corrected chi connectivity index (χ2v) is 2.64. The summed E-state index contributed by atoms with van der Waals surface area (Å²) >= 11 is 0. The minimum absolute atomic E-state index is 0.0768. The van der Waals surface area contributed by atoms with Gasteiger partial charge in [0, 0.05) is 6.54 Å². The van der Waals surface area contributed by atoms with E-state index in [0.29, 0.717) is 0 Å². The highest BCUT2D eigenvalue weighted by Crippen LogP contribution is 2.13. The first-order chi connectivity index (χ1) is 5.94. The Kier molecular flexibility index (Phi) is 4.74. The van der Waals surface area contributed by atoms with Crippen LogP contribution in [0.15, 0.2) is 0 Å². The minimum Gasteiger partial charge on any atom is -0.395 e. The summed E-state index contributed by atoms with van der Waals surface area (Å²) in [5, 5.41) is 8.42. The molecule has 0 saturated heterocycles. The van der Waals surface area contributed by atoms with Crippen molar-refractivity contribution < 1.29 is 18.7 Å². The molecule has 0 atom stereocenters. The number of aliphatic hydroxyl groups excluding tert-OH is 1. The second kappa shape index (κ2) is 5.05. The maximum absolute atomic E-state index is 12.8. The van der Waals surface area contributed by atoms with E-state index in [9.17, 15) is 13.6 Å². The number of carbonyl (C=O) groups is 1. The molecular weight excluding hydrogens is 184 g/mol. The van der Waals surface area contributed by atoms with Crippen LogP contribution in [0, 0.1) is 0 Å². The molecule has 0 saturated carbocycles. The van der Waals surface area contributed by atoms with Gasteiger partial charge in [-0.1, -0.05) is 0 Å². The number of amides is 1. The molecule has 0 aromatic carbocycles. The van der Waals surface area contributed by atoms with Crippen molar-refractivity contribution in [3.8, 4) is 0 Å². The average Bonchev–Trinajstić information content (AvgIpc) is 2.02. The maximum Gasteiger partial charge on any atom is 0.338 e. The van der Waals surface area contributed by atoms with Crippen LogP contribution in [0.3, 0.4) is 0 Å². The van der Waals surface area contributed by atoms with Crippen LogP contribution in [0.1, 0.15) is 0 Å². The van der Waals surface area contributed by atoms with E-state index in [-0.39, 0.29) is 13.2 Å². The topological polar surface area (TPSA) is 78.6 Å². The van der Waals surface area contributed by atoms with Gasteiger partial charge in [-0.2, -0.15) is 8.78 Å². The average molecular weight is 197 g/mol. The molecule has 0 aliphatic heterocycles. The molecule has 5 nitrogen and oxygen atoms in total. The van der Waals surface area contributed by atoms with E-state index in [1.807, 2.05) is 0 Å². The van der Waals surface area contributed by atoms with E-state index in [4.69, 9.17) is 5.11 Å². The number of rotatable bonds is 5. The molecule has 0 rings (SSSR count). The highest BCUT2D eigenvalue weighted by atomic mass is 19.3. The summed E-state index contributed by atoms with van der Waals surface area (Å²) in [6.45, 7) is -0.930. The molecule has 0 bridgehead atoms. The number of aliphatic hydroxyl groups is 1. The zero-order chi connectivity index (χ0) is 10.5. The van der Waals surface area contributed by atoms with E-state index in [0.717, 1.165) is 4.90 Å². The van der Waals surface area contributed by atoms with Crippen molar-refractivity contribution in [1.29, 1.82) is 0 Å². The maximum atomic E-state index is 12.8. The zero-order valence-electron chi connectivity index (χ0n) is 7.26. The van der Waals surface area contributed by atoms with Crippen molar-refractivity contribution in [3.63, 3.8) is 0 Å². The third-order valence-electron chi connectivity index (χ3n) is 1.41. The molecule has 0 heterocycles. The summed E-state index contributed by atoms with van der Waals surface area (Å²) in [5.41, 5.74) is 1.37. The van der Waals surface area contributed by atoms with Gasteiger partial charge in [0.25, 0.3) is 0 Å². The Morgan fingerprint density at radius 1 is 1.69 bits per heavy atom. The summed E-state index contributed by atoms with van der Waals surface area (Å²) in [5.74, 6) is -0.499. The first-order valence-corrected chi connectivity index (χ1v) is 3.62. The highest BCUT2D eigenvalue weighted by Gasteiger charge is 2.39. The molecule has 0 unspecified atom stereocenters. The van der Waals surface area contributed by atoms with Crippen molar-refractivity contribution in [3.05, 3.63) is 0 Å². The van der Waals surface area contributed by atoms with Gasteiger partial charge in [-0.3, -0.25) is 15.1 Å². The van der Waals surface area contributed by atoms with Gasteiger partial charge in [0.2, 0.25) is 0 Å². The van der Waals surface area contributed by atoms with E-state index in [1.54, 1.807) is 0 Å². The monoisotopic (exact) mass is 197 g/mol. The number of likely N-dealkylation sites (N-methyl/N-ethyl adjacent to an activating group) is 1. The van der Waals surface area contributed by atoms with Gasteiger partial charge in [0.05, 0.1) is 13.2 Å². The zero-order valence-corrected chi connectivity index (χ0v) is 7.26. The lowest BCUT2D eigenvalue weighted by atomic mass is 10.3. The molecule has 7 heteroatoms. The molecule has 0 radical (unpaired) electrons. The molecule has 0 fully saturated rings. The third-order valence-corrected chi connectivity index (χ3v) is 1.41. The number of nitrogens with zero attached hydrogens (tertiary/aromatic N) is 1. The van der Waals surface area contributed by atoms with E-state index >= 15 is 0 Å². The first-order valence-electron chi connectivity index (χ1n) is 3.62. The Morgan fingerprint density at radius 3 is 2.62 bits per heavy atom. The van der Waals surface area contributed by atoms with Crippen molar-refractivity contribution in [2.45, 2.75) is 5.92 Å². The van der Waals surface area contributed by atoms with Gasteiger partial charge in [0.1, 0.15) is 0 Å². The molecule has 0 spiro atoms. The summed E-state index contributed by atoms with van der Waals surface area (Å²) in [7, 11) is 1.37. The molecule has 1 amide bonds. The van der Waals surface area contributed by atoms with E-state index in [2.05, 4.69) is 5.84 Å². The normalized spacial score (nSPS) is 11.8. The van der Waals surface area contributed by atoms with Crippen LogP contribution in [0.5, 0.6) is 0 Å². The van der Waals surface area contributed by atoms with Crippen molar-refractivity contribution in [1.82, 2.24) is 10.3 Å². The lowest BCUT2D eigenvalue weighted by molar-refractivity contribution is -0.148. The van der Waals surface area contributed by atoms with Crippen molar-refractivity contribution >= 4 is 5.91 Å². The lowest BCUT2D eigenvalue weighted by Gasteiger charge is -2.21. The standard InChI is InChI=1S/C6H13F2N3O2/c1-11(2-3-12)4-6(7,8)5(13)10-9/h12H,2-4,9H2,1H3,(H,10,13). The van der Waals surface area contributed by atoms with E-state index < -0.39 is 18.4 Å². The quantitative estimate of drug-likeness (QED) is 0.286. The van der Waals surface area contributed by atoms with Crippen LogP contribution in [0.4, 0.5) is 8.78 Å². The smallest absolute Gasteiger partial charge is 0.338 e. The Balaban J connectivity index is 4.07. The van der Waals surface area contributed by atoms with Crippen LogP contribution < -0.4 is 11.3 Å². The predicted octanol–water partition coefficient (Wildman–Crippen LogP) is -1.46. The summed E-state index contributed by atoms with van der Waals surface area (Å²) < 4.78 is 25.6. The van der Waals surface area contributed by atoms with Gasteiger partial charge in [-0.25, -0.2) is 5.84 Å². The minimum atomic E-state index is -3.53. The number of hydrogen-bond donors (Lipinski definition) is 3. The molecule has 0 aromatic heterocycles. The molecule has 4 N–H and O–H groups in total. The Bertz CT molecular complexity index is 177. The van der Waals surface area contributed by atoms with Gasteiger partial charge in [-0.05, 0) is 7.05 Å². The molecular formula is C6H13F2N3O2. The number of halogens is 2. The second-order valence-electron chi connectivity index (χ2n) is 2.64. The number of nitrogens with one attached hydrogen (secondary N) is 1. The number of alkyl halides is 2. The predicted molar refractivity (Wildman–Crippen MR) is 41.9 cm³/mol. The lowest BCUT2D eigenvalue weighted by Crippen LogP contribution is -2.49. The summed E-state index contributed by atoms with van der Waals surface area (Å²) in [6.07, 6.45) is 0. The Morgan fingerprint density at radius 2 is 2.23 bits per heavy atom. The number of hydrogen-bond acceptors (Lipinski definition) is 4. The number of carbonyl (C=O) groups excluding carboxylic acids is 1. The van der Waals surface area contributed by atoms with E-state index in [1.165, 1.54) is 12.5 Å². The van der Waals surface area contributed by atoms with Gasteiger partial charge in [-0.15, -0.1) is 0 Å². The van der Waals surface area contributed by atoms with Crippen LogP contribution in [0.2, 0.25) is 0 Å². The summed E-state index contributed by atoms with van der Waals surface area (Å²) in [4.78, 5) is 11.6. The summed E-state index contributed by atoms with van der Waals surface area (Å²) in [6, 6.07) is 0. The fraction of sp³-hybridized carbons (Fsp3) is 0.833. The van der Waals surface area contributed by atoms with Gasteiger partial charge >= 0.3 is 11.8 Å². The van der Waals surface area contributed by atoms with Crippen molar-refractivity contribution in [2.75, 3.05) is 26.7 Å². The first kappa shape index (κ1) is 12.2. The molecule has 13 heavy (non-hydrogen) atoms. The fourth-order valence-corrected chi connectivity index (χ4v) is 0.766. The van der Waals surface area contributed by atoms with Crippen LogP contribution in [-0.2, 0) is 4.79 Å². The van der Waals surface area contributed by atoms with Gasteiger partial charge < -0.3 is 5.11 Å². The van der Waals surface area contributed by atoms with Crippen LogP contribution in [0.25, 0.3) is 0 Å². The van der Waals surface area contributed by atoms with Gasteiger partial charge in [0.15, 0.2) is 0 Å². The number of hydrazine groups is 1. The molecule has 0 aromatic rings. The van der Waals surface area contributed by atoms with Crippen LogP contribution >= 0.6 is 0 Å². The SMILES string of the molecule is CN(CCO)CC(F)(F)C(=O)NN. The third kappa shape index (κ3) is 4.11. The molecule has 0 aliphatic carbocycles. The highest BCUT2D eigenvalue weighted by molar-refractivity contribution is 5.82. The van der Waals surface area contributed by atoms with Crippen molar-refractivity contribution in [2.24, 2.45) is 5.84 Å². The molecule has 0 aliphatic rings. The Hall–Kier alpha value is -0.790. The fourth-order valence-electron chi connectivity index (χ4n) is 0.766. The number of nitrogens with two attached hydrogens (primary N) is 1. The van der Waals surface area contributed by atoms with Crippen LogP contribution in [-0.4, -0.2) is 48.6 Å². The Labute approximate surface area is 74.5 Å². The largest absolute Gasteiger partial charge is 0.395 e.